The number of hydrogen-bond acceptors (Lipinski definition) is 3. The van der Waals surface area contributed by atoms with Crippen molar-refractivity contribution in [3.63, 3.8) is 0 Å². The Morgan fingerprint density at radius 3 is 2.03 bits per heavy atom. The van der Waals surface area contributed by atoms with E-state index in [0.29, 0.717) is 17.7 Å². The molecule has 0 spiro atoms. The SMILES string of the molecule is CC(C)(C)NC(=O)c1ccc(C(=O)Nc2cccn(Cc3ccccc3)c2=O)cc1. The number of rotatable bonds is 5. The van der Waals surface area contributed by atoms with Gasteiger partial charge in [-0.2, -0.15) is 0 Å². The zero-order valence-electron chi connectivity index (χ0n) is 17.3. The van der Waals surface area contributed by atoms with E-state index in [0.717, 1.165) is 5.56 Å². The molecular formula is C24H25N3O3. The third kappa shape index (κ3) is 5.44. The van der Waals surface area contributed by atoms with Crippen LogP contribution in [0.15, 0.2) is 77.7 Å². The highest BCUT2D eigenvalue weighted by molar-refractivity contribution is 6.05. The van der Waals surface area contributed by atoms with E-state index in [4.69, 9.17) is 0 Å². The van der Waals surface area contributed by atoms with Crippen molar-refractivity contribution in [2.45, 2.75) is 32.9 Å². The highest BCUT2D eigenvalue weighted by Crippen LogP contribution is 2.10. The number of carbonyl (C=O) groups is 2. The lowest BCUT2D eigenvalue weighted by Gasteiger charge is -2.20. The minimum atomic E-state index is -0.410. The lowest BCUT2D eigenvalue weighted by molar-refractivity contribution is 0.0918. The Hall–Kier alpha value is -3.67. The van der Waals surface area contributed by atoms with Crippen molar-refractivity contribution >= 4 is 17.5 Å². The predicted octanol–water partition coefficient (Wildman–Crippen LogP) is 3.68. The van der Waals surface area contributed by atoms with Gasteiger partial charge in [-0.15, -0.1) is 0 Å². The van der Waals surface area contributed by atoms with Crippen LogP contribution in [0.3, 0.4) is 0 Å². The zero-order valence-corrected chi connectivity index (χ0v) is 17.3. The molecule has 0 fully saturated rings. The maximum absolute atomic E-state index is 12.7. The van der Waals surface area contributed by atoms with Crippen molar-refractivity contribution < 1.29 is 9.59 Å². The monoisotopic (exact) mass is 403 g/mol. The summed E-state index contributed by atoms with van der Waals surface area (Å²) in [5, 5.41) is 5.54. The maximum atomic E-state index is 12.7. The van der Waals surface area contributed by atoms with Crippen LogP contribution in [0.5, 0.6) is 0 Å². The third-order valence-corrected chi connectivity index (χ3v) is 4.36. The fraction of sp³-hybridized carbons (Fsp3) is 0.208. The average molecular weight is 403 g/mol. The summed E-state index contributed by atoms with van der Waals surface area (Å²) < 4.78 is 1.55. The maximum Gasteiger partial charge on any atom is 0.274 e. The van der Waals surface area contributed by atoms with E-state index in [-0.39, 0.29) is 22.7 Å². The van der Waals surface area contributed by atoms with Crippen LogP contribution in [0.25, 0.3) is 0 Å². The van der Waals surface area contributed by atoms with Crippen LogP contribution in [0.1, 0.15) is 47.1 Å². The number of amides is 2. The Kier molecular flexibility index (Phi) is 6.16. The first kappa shape index (κ1) is 21.0. The Morgan fingerprint density at radius 2 is 1.43 bits per heavy atom. The number of hydrogen-bond donors (Lipinski definition) is 2. The minimum Gasteiger partial charge on any atom is -0.347 e. The second-order valence-corrected chi connectivity index (χ2v) is 8.08. The van der Waals surface area contributed by atoms with Crippen LogP contribution >= 0.6 is 0 Å². The van der Waals surface area contributed by atoms with Crippen molar-refractivity contribution in [3.8, 4) is 0 Å². The number of carbonyl (C=O) groups excluding carboxylic acids is 2. The number of pyridine rings is 1. The molecule has 1 heterocycles. The van der Waals surface area contributed by atoms with E-state index in [1.54, 1.807) is 47.2 Å². The summed E-state index contributed by atoms with van der Waals surface area (Å²) in [7, 11) is 0. The summed E-state index contributed by atoms with van der Waals surface area (Å²) in [4.78, 5) is 37.5. The highest BCUT2D eigenvalue weighted by Gasteiger charge is 2.16. The van der Waals surface area contributed by atoms with E-state index in [1.165, 1.54) is 0 Å². The molecule has 0 atom stereocenters. The van der Waals surface area contributed by atoms with Crippen molar-refractivity contribution in [2.75, 3.05) is 5.32 Å². The number of nitrogens with zero attached hydrogens (tertiary/aromatic N) is 1. The molecule has 0 radical (unpaired) electrons. The summed E-state index contributed by atoms with van der Waals surface area (Å²) in [6, 6.07) is 19.2. The molecule has 0 aliphatic carbocycles. The van der Waals surface area contributed by atoms with E-state index >= 15 is 0 Å². The van der Waals surface area contributed by atoms with Crippen molar-refractivity contribution in [1.29, 1.82) is 0 Å². The van der Waals surface area contributed by atoms with Crippen LogP contribution in [-0.4, -0.2) is 21.9 Å². The molecule has 0 aliphatic heterocycles. The molecule has 6 nitrogen and oxygen atoms in total. The zero-order chi connectivity index (χ0) is 21.7. The largest absolute Gasteiger partial charge is 0.347 e. The van der Waals surface area contributed by atoms with Gasteiger partial charge in [-0.25, -0.2) is 0 Å². The second-order valence-electron chi connectivity index (χ2n) is 8.08. The number of anilines is 1. The smallest absolute Gasteiger partial charge is 0.274 e. The van der Waals surface area contributed by atoms with Gasteiger partial charge in [0.1, 0.15) is 5.69 Å². The Balaban J connectivity index is 1.72. The van der Waals surface area contributed by atoms with Crippen LogP contribution in [0.2, 0.25) is 0 Å². The fourth-order valence-electron chi connectivity index (χ4n) is 2.92. The molecule has 30 heavy (non-hydrogen) atoms. The molecule has 154 valence electrons. The van der Waals surface area contributed by atoms with Gasteiger partial charge >= 0.3 is 0 Å². The molecule has 1 aromatic heterocycles. The van der Waals surface area contributed by atoms with Gasteiger partial charge in [0.2, 0.25) is 0 Å². The third-order valence-electron chi connectivity index (χ3n) is 4.36. The molecule has 0 unspecified atom stereocenters. The molecule has 6 heteroatoms. The molecule has 0 bridgehead atoms. The molecule has 3 rings (SSSR count). The van der Waals surface area contributed by atoms with Gasteiger partial charge < -0.3 is 15.2 Å². The first-order valence-corrected chi connectivity index (χ1v) is 9.70. The van der Waals surface area contributed by atoms with Crippen LogP contribution in [0, 0.1) is 0 Å². The van der Waals surface area contributed by atoms with E-state index < -0.39 is 5.91 Å². The fourth-order valence-corrected chi connectivity index (χ4v) is 2.92. The van der Waals surface area contributed by atoms with Gasteiger partial charge in [0, 0.05) is 22.9 Å². The molecular weight excluding hydrogens is 378 g/mol. The second kappa shape index (κ2) is 8.78. The quantitative estimate of drug-likeness (QED) is 0.682. The van der Waals surface area contributed by atoms with E-state index in [2.05, 4.69) is 10.6 Å². The van der Waals surface area contributed by atoms with Gasteiger partial charge in [-0.1, -0.05) is 30.3 Å². The van der Waals surface area contributed by atoms with E-state index in [1.807, 2.05) is 51.1 Å². The molecule has 0 saturated carbocycles. The van der Waals surface area contributed by atoms with Gasteiger partial charge in [-0.3, -0.25) is 14.4 Å². The lowest BCUT2D eigenvalue weighted by Crippen LogP contribution is -2.40. The number of aromatic nitrogens is 1. The average Bonchev–Trinajstić information content (AvgIpc) is 2.70. The Labute approximate surface area is 175 Å². The number of benzene rings is 2. The molecule has 2 amide bonds. The van der Waals surface area contributed by atoms with Gasteiger partial charge in [0.15, 0.2) is 0 Å². The van der Waals surface area contributed by atoms with Gasteiger partial charge in [-0.05, 0) is 62.7 Å². The summed E-state index contributed by atoms with van der Waals surface area (Å²) in [6.45, 7) is 6.12. The van der Waals surface area contributed by atoms with Gasteiger partial charge in [0.25, 0.3) is 17.4 Å². The van der Waals surface area contributed by atoms with Crippen molar-refractivity contribution in [2.24, 2.45) is 0 Å². The Bertz CT molecular complexity index is 1100. The normalized spacial score (nSPS) is 11.0. The first-order valence-electron chi connectivity index (χ1n) is 9.70. The van der Waals surface area contributed by atoms with Crippen molar-refractivity contribution in [1.82, 2.24) is 9.88 Å². The summed E-state index contributed by atoms with van der Waals surface area (Å²) in [5.74, 6) is -0.617. The molecule has 3 aromatic rings. The highest BCUT2D eigenvalue weighted by atomic mass is 16.2. The molecule has 0 aliphatic rings. The van der Waals surface area contributed by atoms with E-state index in [9.17, 15) is 14.4 Å². The Morgan fingerprint density at radius 1 is 0.833 bits per heavy atom. The van der Waals surface area contributed by atoms with Gasteiger partial charge in [0.05, 0.1) is 6.54 Å². The molecule has 2 aromatic carbocycles. The minimum absolute atomic E-state index is 0.202. The summed E-state index contributed by atoms with van der Waals surface area (Å²) >= 11 is 0. The van der Waals surface area contributed by atoms with Crippen LogP contribution in [-0.2, 0) is 6.54 Å². The predicted molar refractivity (Wildman–Crippen MR) is 118 cm³/mol. The first-order chi connectivity index (χ1) is 14.2. The molecule has 2 N–H and O–H groups in total. The standard InChI is InChI=1S/C24H25N3O3/c1-24(2,3)26-22(29)19-13-11-18(12-14-19)21(28)25-20-10-7-15-27(23(20)30)16-17-8-5-4-6-9-17/h4-15H,16H2,1-3H3,(H,25,28)(H,26,29). The molecule has 0 saturated heterocycles. The summed E-state index contributed by atoms with van der Waals surface area (Å²) in [6.07, 6.45) is 1.69. The van der Waals surface area contributed by atoms with Crippen LogP contribution in [0.4, 0.5) is 5.69 Å². The topological polar surface area (TPSA) is 80.2 Å². The lowest BCUT2D eigenvalue weighted by atomic mass is 10.1. The van der Waals surface area contributed by atoms with Crippen molar-refractivity contribution in [3.05, 3.63) is 100.0 Å². The summed E-state index contributed by atoms with van der Waals surface area (Å²) in [5.41, 5.74) is 1.39. The van der Waals surface area contributed by atoms with Crippen LogP contribution < -0.4 is 16.2 Å². The number of nitrogens with one attached hydrogen (secondary N) is 2.